The maximum Gasteiger partial charge on any atom is 0.115 e. The SMILES string of the molecule is Cc1ccc(O)cc1CC[C@@H]1[C@H](O)CC[C@]2(C)[C@@H]([C@@H](C)C=CC(C)C)CC[C@@H]12. The van der Waals surface area contributed by atoms with Crippen molar-refractivity contribution in [1.29, 1.82) is 0 Å². The minimum atomic E-state index is -0.170. The van der Waals surface area contributed by atoms with Gasteiger partial charge in [0, 0.05) is 0 Å². The van der Waals surface area contributed by atoms with Crippen molar-refractivity contribution in [2.75, 3.05) is 0 Å². The van der Waals surface area contributed by atoms with Gasteiger partial charge in [-0.25, -0.2) is 0 Å². The molecule has 1 aromatic carbocycles. The molecular formula is C26H40O2. The molecule has 0 saturated heterocycles. The summed E-state index contributed by atoms with van der Waals surface area (Å²) in [6.07, 6.45) is 11.2. The van der Waals surface area contributed by atoms with Crippen LogP contribution in [-0.4, -0.2) is 16.3 Å². The van der Waals surface area contributed by atoms with Crippen LogP contribution in [0.15, 0.2) is 30.4 Å². The first-order valence-electron chi connectivity index (χ1n) is 11.4. The Bertz CT molecular complexity index is 692. The van der Waals surface area contributed by atoms with Crippen LogP contribution in [0.5, 0.6) is 5.75 Å². The normalized spacial score (nSPS) is 34.1. The van der Waals surface area contributed by atoms with Gasteiger partial charge in [-0.3, -0.25) is 0 Å². The third-order valence-electron chi connectivity index (χ3n) is 7.99. The topological polar surface area (TPSA) is 40.5 Å². The molecule has 0 unspecified atom stereocenters. The lowest BCUT2D eigenvalue weighted by Crippen LogP contribution is -2.45. The summed E-state index contributed by atoms with van der Waals surface area (Å²) in [5.41, 5.74) is 2.81. The summed E-state index contributed by atoms with van der Waals surface area (Å²) in [6, 6.07) is 5.67. The Morgan fingerprint density at radius 2 is 1.89 bits per heavy atom. The van der Waals surface area contributed by atoms with Crippen molar-refractivity contribution in [2.24, 2.45) is 35.0 Å². The summed E-state index contributed by atoms with van der Waals surface area (Å²) in [4.78, 5) is 0. The van der Waals surface area contributed by atoms with E-state index in [2.05, 4.69) is 46.8 Å². The Morgan fingerprint density at radius 3 is 2.61 bits per heavy atom. The highest BCUT2D eigenvalue weighted by Crippen LogP contribution is 2.60. The minimum Gasteiger partial charge on any atom is -0.508 e. The molecule has 2 aliphatic carbocycles. The van der Waals surface area contributed by atoms with Crippen molar-refractivity contribution >= 4 is 0 Å². The maximum absolute atomic E-state index is 10.9. The van der Waals surface area contributed by atoms with Crippen molar-refractivity contribution in [3.63, 3.8) is 0 Å². The van der Waals surface area contributed by atoms with E-state index in [4.69, 9.17) is 0 Å². The average molecular weight is 385 g/mol. The first-order valence-corrected chi connectivity index (χ1v) is 11.4. The fourth-order valence-corrected chi connectivity index (χ4v) is 6.35. The zero-order valence-electron chi connectivity index (χ0n) is 18.5. The van der Waals surface area contributed by atoms with Crippen LogP contribution in [-0.2, 0) is 6.42 Å². The number of phenolic OH excluding ortho intramolecular Hbond substituents is 1. The van der Waals surface area contributed by atoms with Crippen LogP contribution in [0.2, 0.25) is 0 Å². The highest BCUT2D eigenvalue weighted by atomic mass is 16.3. The quantitative estimate of drug-likeness (QED) is 0.566. The molecular weight excluding hydrogens is 344 g/mol. The molecule has 0 radical (unpaired) electrons. The lowest BCUT2D eigenvalue weighted by Gasteiger charge is -2.48. The third kappa shape index (κ3) is 4.32. The predicted molar refractivity (Wildman–Crippen MR) is 117 cm³/mol. The minimum absolute atomic E-state index is 0.170. The van der Waals surface area contributed by atoms with Gasteiger partial charge in [-0.2, -0.15) is 0 Å². The number of benzene rings is 1. The second kappa shape index (κ2) is 8.61. The number of fused-ring (bicyclic) bond motifs is 1. The van der Waals surface area contributed by atoms with E-state index in [9.17, 15) is 10.2 Å². The van der Waals surface area contributed by atoms with Crippen molar-refractivity contribution < 1.29 is 10.2 Å². The molecule has 2 nitrogen and oxygen atoms in total. The fraction of sp³-hybridized carbons (Fsp3) is 0.692. The van der Waals surface area contributed by atoms with Crippen LogP contribution in [0.4, 0.5) is 0 Å². The average Bonchev–Trinajstić information content (AvgIpc) is 2.99. The van der Waals surface area contributed by atoms with E-state index in [0.717, 1.165) is 31.6 Å². The van der Waals surface area contributed by atoms with E-state index in [1.54, 1.807) is 6.07 Å². The van der Waals surface area contributed by atoms with E-state index < -0.39 is 0 Å². The summed E-state index contributed by atoms with van der Waals surface area (Å²) in [6.45, 7) is 11.5. The molecule has 2 N–H and O–H groups in total. The van der Waals surface area contributed by atoms with Crippen molar-refractivity contribution in [3.05, 3.63) is 41.5 Å². The zero-order chi connectivity index (χ0) is 20.5. The monoisotopic (exact) mass is 384 g/mol. The molecule has 6 atom stereocenters. The molecule has 1 aromatic rings. The number of aliphatic hydroxyl groups is 1. The van der Waals surface area contributed by atoms with E-state index >= 15 is 0 Å². The fourth-order valence-electron chi connectivity index (χ4n) is 6.35. The van der Waals surface area contributed by atoms with E-state index in [1.807, 2.05) is 12.1 Å². The van der Waals surface area contributed by atoms with Gasteiger partial charge < -0.3 is 10.2 Å². The van der Waals surface area contributed by atoms with Gasteiger partial charge in [0.2, 0.25) is 0 Å². The molecule has 0 spiro atoms. The van der Waals surface area contributed by atoms with Gasteiger partial charge in [0.25, 0.3) is 0 Å². The van der Waals surface area contributed by atoms with E-state index in [0.29, 0.717) is 34.8 Å². The first-order chi connectivity index (χ1) is 13.2. The highest BCUT2D eigenvalue weighted by Gasteiger charge is 2.54. The summed E-state index contributed by atoms with van der Waals surface area (Å²) in [5.74, 6) is 3.30. The van der Waals surface area contributed by atoms with Gasteiger partial charge >= 0.3 is 0 Å². The van der Waals surface area contributed by atoms with Crippen molar-refractivity contribution in [1.82, 2.24) is 0 Å². The molecule has 2 saturated carbocycles. The number of aryl methyl sites for hydroxylation is 2. The van der Waals surface area contributed by atoms with Gasteiger partial charge in [-0.05, 0) is 104 Å². The summed E-state index contributed by atoms with van der Waals surface area (Å²) >= 11 is 0. The Hall–Kier alpha value is -1.28. The molecule has 2 heteroatoms. The Kier molecular flexibility index (Phi) is 6.59. The highest BCUT2D eigenvalue weighted by molar-refractivity contribution is 5.34. The van der Waals surface area contributed by atoms with Crippen LogP contribution >= 0.6 is 0 Å². The molecule has 0 heterocycles. The number of aromatic hydroxyl groups is 1. The van der Waals surface area contributed by atoms with Gasteiger partial charge in [0.05, 0.1) is 6.10 Å². The Balaban J connectivity index is 1.74. The lowest BCUT2D eigenvalue weighted by molar-refractivity contribution is -0.0493. The van der Waals surface area contributed by atoms with Crippen LogP contribution in [0, 0.1) is 41.9 Å². The largest absolute Gasteiger partial charge is 0.508 e. The van der Waals surface area contributed by atoms with Crippen LogP contribution < -0.4 is 0 Å². The summed E-state index contributed by atoms with van der Waals surface area (Å²) in [5, 5.41) is 20.7. The van der Waals surface area contributed by atoms with Gasteiger partial charge in [0.1, 0.15) is 5.75 Å². The van der Waals surface area contributed by atoms with Crippen LogP contribution in [0.1, 0.15) is 70.9 Å². The number of allylic oxidation sites excluding steroid dienone is 2. The third-order valence-corrected chi connectivity index (χ3v) is 7.99. The molecule has 0 aliphatic heterocycles. The Morgan fingerprint density at radius 1 is 1.14 bits per heavy atom. The number of phenols is 1. The van der Waals surface area contributed by atoms with E-state index in [-0.39, 0.29) is 6.10 Å². The number of hydrogen-bond donors (Lipinski definition) is 2. The second-order valence-electron chi connectivity index (χ2n) is 10.2. The van der Waals surface area contributed by atoms with Crippen LogP contribution in [0.25, 0.3) is 0 Å². The molecule has 2 aliphatic rings. The first kappa shape index (κ1) is 21.4. The smallest absolute Gasteiger partial charge is 0.115 e. The molecule has 3 rings (SSSR count). The van der Waals surface area contributed by atoms with E-state index in [1.165, 1.54) is 24.0 Å². The van der Waals surface area contributed by atoms with Crippen LogP contribution in [0.3, 0.4) is 0 Å². The van der Waals surface area contributed by atoms with Crippen molar-refractivity contribution in [3.8, 4) is 5.75 Å². The molecule has 0 bridgehead atoms. The lowest BCUT2D eigenvalue weighted by atomic mass is 9.58. The standard InChI is InChI=1S/C26H40O2/c1-17(2)6-7-19(4)23-12-13-24-22(25(28)14-15-26(23,24)5)11-9-20-16-21(27)10-8-18(20)3/h6-8,10,16-17,19,22-25,27-28H,9,11-15H2,1-5H3/t19-,22-,23+,24-,25+,26+/m0/s1. The molecule has 28 heavy (non-hydrogen) atoms. The summed E-state index contributed by atoms with van der Waals surface area (Å²) < 4.78 is 0. The van der Waals surface area contributed by atoms with Gasteiger partial charge in [-0.1, -0.05) is 45.9 Å². The number of hydrogen-bond acceptors (Lipinski definition) is 2. The maximum atomic E-state index is 10.9. The number of rotatable bonds is 6. The molecule has 2 fully saturated rings. The number of aliphatic hydroxyl groups excluding tert-OH is 1. The zero-order valence-corrected chi connectivity index (χ0v) is 18.5. The summed E-state index contributed by atoms with van der Waals surface area (Å²) in [7, 11) is 0. The predicted octanol–water partition coefficient (Wildman–Crippen LogP) is 6.28. The Labute approximate surface area is 172 Å². The van der Waals surface area contributed by atoms with Gasteiger partial charge in [-0.15, -0.1) is 0 Å². The molecule has 0 amide bonds. The van der Waals surface area contributed by atoms with Crippen molar-refractivity contribution in [2.45, 2.75) is 79.2 Å². The van der Waals surface area contributed by atoms with Gasteiger partial charge in [0.15, 0.2) is 0 Å². The second-order valence-corrected chi connectivity index (χ2v) is 10.2. The molecule has 0 aromatic heterocycles. The molecule has 156 valence electrons.